The first-order chi connectivity index (χ1) is 9.22. The number of hydrogen-bond acceptors (Lipinski definition) is 5. The zero-order valence-corrected chi connectivity index (χ0v) is 11.6. The van der Waals surface area contributed by atoms with Crippen LogP contribution in [0, 0.1) is 13.8 Å². The van der Waals surface area contributed by atoms with Crippen molar-refractivity contribution in [3.05, 3.63) is 47.8 Å². The average molecular weight is 271 g/mol. The highest BCUT2D eigenvalue weighted by Crippen LogP contribution is 2.18. The lowest BCUT2D eigenvalue weighted by Crippen LogP contribution is -1.94. The Morgan fingerprint density at radius 1 is 1.16 bits per heavy atom. The molecule has 5 nitrogen and oxygen atoms in total. The van der Waals surface area contributed by atoms with Crippen LogP contribution in [0.2, 0.25) is 0 Å². The minimum Gasteiger partial charge on any atom is -0.288 e. The van der Waals surface area contributed by atoms with Gasteiger partial charge in [0.05, 0.1) is 5.69 Å². The second-order valence-electron chi connectivity index (χ2n) is 4.26. The zero-order valence-electron chi connectivity index (χ0n) is 10.7. The molecule has 0 radical (unpaired) electrons. The Morgan fingerprint density at radius 2 is 1.95 bits per heavy atom. The summed E-state index contributed by atoms with van der Waals surface area (Å²) in [5.74, 6) is 1.49. The van der Waals surface area contributed by atoms with Crippen LogP contribution in [0.1, 0.15) is 17.1 Å². The van der Waals surface area contributed by atoms with Gasteiger partial charge in [0, 0.05) is 35.7 Å². The summed E-state index contributed by atoms with van der Waals surface area (Å²) < 4.78 is 2.01. The SMILES string of the molecule is Cc1cc(C)n2cc(CSc3ncccn3)nc2n1. The summed E-state index contributed by atoms with van der Waals surface area (Å²) in [5.41, 5.74) is 3.11. The molecule has 0 aliphatic carbocycles. The zero-order chi connectivity index (χ0) is 13.2. The minimum atomic E-state index is 0.742. The largest absolute Gasteiger partial charge is 0.288 e. The van der Waals surface area contributed by atoms with E-state index in [1.807, 2.05) is 29.7 Å². The first kappa shape index (κ1) is 12.1. The van der Waals surface area contributed by atoms with Crippen LogP contribution in [-0.4, -0.2) is 24.3 Å². The Labute approximate surface area is 115 Å². The summed E-state index contributed by atoms with van der Waals surface area (Å²) >= 11 is 1.57. The van der Waals surface area contributed by atoms with E-state index in [-0.39, 0.29) is 0 Å². The molecule has 3 heterocycles. The van der Waals surface area contributed by atoms with Gasteiger partial charge < -0.3 is 0 Å². The molecule has 0 N–H and O–H groups in total. The molecule has 0 amide bonds. The van der Waals surface area contributed by atoms with Gasteiger partial charge in [0.25, 0.3) is 0 Å². The van der Waals surface area contributed by atoms with Crippen LogP contribution in [0.15, 0.2) is 35.9 Å². The molecule has 0 atom stereocenters. The standard InChI is InChI=1S/C13H13N5S/c1-9-6-10(2)18-7-11(17-12(18)16-9)8-19-13-14-4-3-5-15-13/h3-7H,8H2,1-2H3. The van der Waals surface area contributed by atoms with Crippen LogP contribution in [0.3, 0.4) is 0 Å². The number of fused-ring (bicyclic) bond motifs is 1. The van der Waals surface area contributed by atoms with E-state index in [2.05, 4.69) is 26.9 Å². The van der Waals surface area contributed by atoms with Gasteiger partial charge in [0.15, 0.2) is 5.16 Å². The maximum Gasteiger partial charge on any atom is 0.234 e. The van der Waals surface area contributed by atoms with Gasteiger partial charge in [-0.25, -0.2) is 19.9 Å². The number of aromatic nitrogens is 5. The van der Waals surface area contributed by atoms with Crippen molar-refractivity contribution in [2.75, 3.05) is 0 Å². The number of rotatable bonds is 3. The summed E-state index contributed by atoms with van der Waals surface area (Å²) in [7, 11) is 0. The highest BCUT2D eigenvalue weighted by Gasteiger charge is 2.06. The molecular formula is C13H13N5S. The van der Waals surface area contributed by atoms with Crippen molar-refractivity contribution in [2.24, 2.45) is 0 Å². The van der Waals surface area contributed by atoms with Gasteiger partial charge in [0.2, 0.25) is 5.78 Å². The molecule has 6 heteroatoms. The highest BCUT2D eigenvalue weighted by atomic mass is 32.2. The molecule has 0 saturated carbocycles. The Hall–Kier alpha value is -1.95. The molecule has 96 valence electrons. The number of imidazole rings is 1. The summed E-state index contributed by atoms with van der Waals surface area (Å²) in [6.07, 6.45) is 5.51. The predicted octanol–water partition coefficient (Wildman–Crippen LogP) is 2.43. The molecule has 0 aliphatic heterocycles. The van der Waals surface area contributed by atoms with E-state index in [1.165, 1.54) is 0 Å². The molecule has 0 aliphatic rings. The lowest BCUT2D eigenvalue weighted by molar-refractivity contribution is 0.965. The monoisotopic (exact) mass is 271 g/mol. The molecule has 0 fully saturated rings. The summed E-state index contributed by atoms with van der Waals surface area (Å²) in [5, 5.41) is 0.764. The second-order valence-corrected chi connectivity index (χ2v) is 5.20. The quantitative estimate of drug-likeness (QED) is 0.541. The second kappa shape index (κ2) is 4.97. The van der Waals surface area contributed by atoms with Gasteiger partial charge in [-0.15, -0.1) is 0 Å². The Bertz CT molecular complexity index is 708. The molecule has 3 aromatic rings. The number of hydrogen-bond donors (Lipinski definition) is 0. The van der Waals surface area contributed by atoms with E-state index in [0.29, 0.717) is 0 Å². The van der Waals surface area contributed by atoms with E-state index in [1.54, 1.807) is 24.2 Å². The lowest BCUT2D eigenvalue weighted by Gasteiger charge is -1.98. The number of aryl methyl sites for hydroxylation is 2. The van der Waals surface area contributed by atoms with Crippen LogP contribution in [0.25, 0.3) is 5.78 Å². The van der Waals surface area contributed by atoms with Gasteiger partial charge in [0.1, 0.15) is 0 Å². The minimum absolute atomic E-state index is 0.742. The predicted molar refractivity (Wildman–Crippen MR) is 74.1 cm³/mol. The van der Waals surface area contributed by atoms with Gasteiger partial charge in [-0.3, -0.25) is 4.40 Å². The molecular weight excluding hydrogens is 258 g/mol. The van der Waals surface area contributed by atoms with Crippen LogP contribution < -0.4 is 0 Å². The lowest BCUT2D eigenvalue weighted by atomic mass is 10.3. The van der Waals surface area contributed by atoms with E-state index in [4.69, 9.17) is 0 Å². The molecule has 0 bridgehead atoms. The van der Waals surface area contributed by atoms with Gasteiger partial charge in [-0.2, -0.15) is 0 Å². The molecule has 19 heavy (non-hydrogen) atoms. The number of thioether (sulfide) groups is 1. The molecule has 0 spiro atoms. The van der Waals surface area contributed by atoms with E-state index in [9.17, 15) is 0 Å². The Balaban J connectivity index is 1.84. The third-order valence-electron chi connectivity index (χ3n) is 2.70. The Morgan fingerprint density at radius 3 is 2.74 bits per heavy atom. The maximum atomic E-state index is 4.52. The van der Waals surface area contributed by atoms with Crippen LogP contribution in [0.4, 0.5) is 0 Å². The smallest absolute Gasteiger partial charge is 0.234 e. The first-order valence-electron chi connectivity index (χ1n) is 5.94. The van der Waals surface area contributed by atoms with Gasteiger partial charge in [-0.05, 0) is 26.0 Å². The summed E-state index contributed by atoms with van der Waals surface area (Å²) in [6.45, 7) is 4.04. The van der Waals surface area contributed by atoms with Crippen molar-refractivity contribution in [2.45, 2.75) is 24.8 Å². The fraction of sp³-hybridized carbons (Fsp3) is 0.231. The van der Waals surface area contributed by atoms with Crippen molar-refractivity contribution in [1.29, 1.82) is 0 Å². The molecule has 0 unspecified atom stereocenters. The topological polar surface area (TPSA) is 56.0 Å². The van der Waals surface area contributed by atoms with Crippen molar-refractivity contribution >= 4 is 17.5 Å². The third-order valence-corrected chi connectivity index (χ3v) is 3.61. The van der Waals surface area contributed by atoms with Crippen LogP contribution >= 0.6 is 11.8 Å². The van der Waals surface area contributed by atoms with Crippen molar-refractivity contribution in [3.63, 3.8) is 0 Å². The molecule has 3 rings (SSSR count). The third kappa shape index (κ3) is 2.58. The highest BCUT2D eigenvalue weighted by molar-refractivity contribution is 7.98. The average Bonchev–Trinajstić information content (AvgIpc) is 2.81. The number of nitrogens with zero attached hydrogens (tertiary/aromatic N) is 5. The molecule has 0 saturated heterocycles. The Kier molecular flexibility index (Phi) is 3.16. The van der Waals surface area contributed by atoms with Crippen molar-refractivity contribution < 1.29 is 0 Å². The van der Waals surface area contributed by atoms with Gasteiger partial charge >= 0.3 is 0 Å². The van der Waals surface area contributed by atoms with E-state index < -0.39 is 0 Å². The molecule has 0 aromatic carbocycles. The van der Waals surface area contributed by atoms with Gasteiger partial charge in [-0.1, -0.05) is 11.8 Å². The maximum absolute atomic E-state index is 4.52. The fourth-order valence-corrected chi connectivity index (χ4v) is 2.57. The van der Waals surface area contributed by atoms with E-state index >= 15 is 0 Å². The van der Waals surface area contributed by atoms with E-state index in [0.717, 1.165) is 33.8 Å². The first-order valence-corrected chi connectivity index (χ1v) is 6.93. The van der Waals surface area contributed by atoms with Crippen molar-refractivity contribution in [1.82, 2.24) is 24.3 Å². The molecule has 3 aromatic heterocycles. The van der Waals surface area contributed by atoms with Crippen LogP contribution in [-0.2, 0) is 5.75 Å². The van der Waals surface area contributed by atoms with Crippen molar-refractivity contribution in [3.8, 4) is 0 Å². The normalized spacial score (nSPS) is 11.1. The fourth-order valence-electron chi connectivity index (χ4n) is 1.89. The summed E-state index contributed by atoms with van der Waals surface area (Å²) in [6, 6.07) is 3.86. The van der Waals surface area contributed by atoms with Crippen LogP contribution in [0.5, 0.6) is 0 Å². The summed E-state index contributed by atoms with van der Waals surface area (Å²) in [4.78, 5) is 17.3.